The Morgan fingerprint density at radius 1 is 1.44 bits per heavy atom. The molecule has 1 aliphatic rings. The van der Waals surface area contributed by atoms with Gasteiger partial charge in [0.05, 0.1) is 5.54 Å². The van der Waals surface area contributed by atoms with Crippen LogP contribution in [0.15, 0.2) is 18.2 Å². The Kier molecular flexibility index (Phi) is 3.39. The Balaban J connectivity index is 2.33. The molecule has 1 aromatic carbocycles. The third kappa shape index (κ3) is 2.38. The molecule has 0 saturated carbocycles. The van der Waals surface area contributed by atoms with Gasteiger partial charge in [0, 0.05) is 25.2 Å². The lowest BCUT2D eigenvalue weighted by atomic mass is 9.97. The SMILES string of the molecule is Cc1ccc(F)cc1C(=O)N1CCNCC1(C)C. The molecule has 0 radical (unpaired) electrons. The van der Waals surface area contributed by atoms with Crippen molar-refractivity contribution >= 4 is 5.91 Å². The van der Waals surface area contributed by atoms with Crippen LogP contribution >= 0.6 is 0 Å². The maximum absolute atomic E-state index is 13.3. The predicted molar refractivity (Wildman–Crippen MR) is 69.1 cm³/mol. The summed E-state index contributed by atoms with van der Waals surface area (Å²) in [5.41, 5.74) is 1.04. The minimum atomic E-state index is -0.364. The van der Waals surface area contributed by atoms with Crippen molar-refractivity contribution in [1.82, 2.24) is 10.2 Å². The average molecular weight is 250 g/mol. The summed E-state index contributed by atoms with van der Waals surface area (Å²) in [6, 6.07) is 4.36. The van der Waals surface area contributed by atoms with Crippen LogP contribution in [0.4, 0.5) is 4.39 Å². The van der Waals surface area contributed by atoms with E-state index < -0.39 is 0 Å². The monoisotopic (exact) mass is 250 g/mol. The first-order valence-electron chi connectivity index (χ1n) is 6.21. The highest BCUT2D eigenvalue weighted by Gasteiger charge is 2.34. The van der Waals surface area contributed by atoms with E-state index in [2.05, 4.69) is 5.32 Å². The fraction of sp³-hybridized carbons (Fsp3) is 0.500. The van der Waals surface area contributed by atoms with Crippen LogP contribution in [-0.4, -0.2) is 36.0 Å². The molecule has 1 N–H and O–H groups in total. The number of hydrogen-bond donors (Lipinski definition) is 1. The van der Waals surface area contributed by atoms with E-state index in [1.807, 2.05) is 25.7 Å². The van der Waals surface area contributed by atoms with E-state index in [9.17, 15) is 9.18 Å². The quantitative estimate of drug-likeness (QED) is 0.826. The first-order valence-corrected chi connectivity index (χ1v) is 6.21. The van der Waals surface area contributed by atoms with Crippen LogP contribution in [0.2, 0.25) is 0 Å². The lowest BCUT2D eigenvalue weighted by molar-refractivity contribution is 0.0476. The number of carbonyl (C=O) groups is 1. The van der Waals surface area contributed by atoms with Crippen LogP contribution in [0.3, 0.4) is 0 Å². The zero-order valence-corrected chi connectivity index (χ0v) is 11.1. The molecule has 0 atom stereocenters. The van der Waals surface area contributed by atoms with Gasteiger partial charge in [-0.1, -0.05) is 6.07 Å². The normalized spacial score (nSPS) is 18.8. The smallest absolute Gasteiger partial charge is 0.254 e. The van der Waals surface area contributed by atoms with Crippen molar-refractivity contribution in [3.05, 3.63) is 35.1 Å². The van der Waals surface area contributed by atoms with Crippen molar-refractivity contribution < 1.29 is 9.18 Å². The highest BCUT2D eigenvalue weighted by atomic mass is 19.1. The molecule has 0 unspecified atom stereocenters. The molecule has 1 saturated heterocycles. The first kappa shape index (κ1) is 13.0. The number of amides is 1. The summed E-state index contributed by atoms with van der Waals surface area (Å²) >= 11 is 0. The second-order valence-corrected chi connectivity index (χ2v) is 5.41. The highest BCUT2D eigenvalue weighted by Crippen LogP contribution is 2.21. The number of aryl methyl sites for hydroxylation is 1. The van der Waals surface area contributed by atoms with Gasteiger partial charge in [-0.3, -0.25) is 4.79 Å². The Morgan fingerprint density at radius 2 is 2.17 bits per heavy atom. The molecular formula is C14H19FN2O. The summed E-state index contributed by atoms with van der Waals surface area (Å²) in [6.45, 7) is 8.07. The maximum atomic E-state index is 13.3. The maximum Gasteiger partial charge on any atom is 0.254 e. The van der Waals surface area contributed by atoms with E-state index in [0.29, 0.717) is 12.1 Å². The number of halogens is 1. The van der Waals surface area contributed by atoms with Gasteiger partial charge in [-0.2, -0.15) is 0 Å². The number of carbonyl (C=O) groups excluding carboxylic acids is 1. The van der Waals surface area contributed by atoms with Crippen molar-refractivity contribution in [2.45, 2.75) is 26.3 Å². The summed E-state index contributed by atoms with van der Waals surface area (Å²) in [7, 11) is 0. The second-order valence-electron chi connectivity index (χ2n) is 5.41. The van der Waals surface area contributed by atoms with Gasteiger partial charge in [0.1, 0.15) is 5.82 Å². The van der Waals surface area contributed by atoms with Gasteiger partial charge in [-0.15, -0.1) is 0 Å². The van der Waals surface area contributed by atoms with Crippen LogP contribution in [0.5, 0.6) is 0 Å². The molecule has 3 nitrogen and oxygen atoms in total. The fourth-order valence-electron chi connectivity index (χ4n) is 2.33. The van der Waals surface area contributed by atoms with Crippen LogP contribution in [0, 0.1) is 12.7 Å². The van der Waals surface area contributed by atoms with E-state index in [0.717, 1.165) is 18.7 Å². The second kappa shape index (κ2) is 4.69. The van der Waals surface area contributed by atoms with Crippen LogP contribution in [-0.2, 0) is 0 Å². The highest BCUT2D eigenvalue weighted by molar-refractivity contribution is 5.96. The van der Waals surface area contributed by atoms with E-state index in [-0.39, 0.29) is 17.3 Å². The molecule has 1 heterocycles. The molecule has 1 fully saturated rings. The minimum absolute atomic E-state index is 0.0847. The molecule has 2 rings (SSSR count). The van der Waals surface area contributed by atoms with Gasteiger partial charge in [0.25, 0.3) is 5.91 Å². The molecule has 1 amide bonds. The van der Waals surface area contributed by atoms with E-state index in [1.165, 1.54) is 12.1 Å². The fourth-order valence-corrected chi connectivity index (χ4v) is 2.33. The van der Waals surface area contributed by atoms with Gasteiger partial charge in [-0.05, 0) is 38.5 Å². The molecule has 0 bridgehead atoms. The molecule has 1 aromatic rings. The van der Waals surface area contributed by atoms with Crippen molar-refractivity contribution in [2.24, 2.45) is 0 Å². The third-order valence-electron chi connectivity index (χ3n) is 3.48. The van der Waals surface area contributed by atoms with Crippen LogP contribution in [0.25, 0.3) is 0 Å². The largest absolute Gasteiger partial charge is 0.331 e. The van der Waals surface area contributed by atoms with Crippen molar-refractivity contribution in [3.63, 3.8) is 0 Å². The van der Waals surface area contributed by atoms with Gasteiger partial charge in [0.2, 0.25) is 0 Å². The van der Waals surface area contributed by atoms with E-state index in [1.54, 1.807) is 6.07 Å². The van der Waals surface area contributed by atoms with Crippen molar-refractivity contribution in [3.8, 4) is 0 Å². The summed E-state index contributed by atoms with van der Waals surface area (Å²) in [6.07, 6.45) is 0. The topological polar surface area (TPSA) is 32.3 Å². The van der Waals surface area contributed by atoms with Gasteiger partial charge in [-0.25, -0.2) is 4.39 Å². The Bertz CT molecular complexity index is 471. The molecule has 1 aliphatic heterocycles. The van der Waals surface area contributed by atoms with Crippen LogP contribution < -0.4 is 5.32 Å². The number of benzene rings is 1. The van der Waals surface area contributed by atoms with E-state index in [4.69, 9.17) is 0 Å². The summed E-state index contributed by atoms with van der Waals surface area (Å²) < 4.78 is 13.3. The Morgan fingerprint density at radius 3 is 2.83 bits per heavy atom. The molecule has 4 heteroatoms. The lowest BCUT2D eigenvalue weighted by Gasteiger charge is -2.43. The predicted octanol–water partition coefficient (Wildman–Crippen LogP) is 1.96. The number of rotatable bonds is 1. The average Bonchev–Trinajstić information content (AvgIpc) is 2.31. The first-order chi connectivity index (χ1) is 8.42. The number of piperazine rings is 1. The van der Waals surface area contributed by atoms with Crippen LogP contribution in [0.1, 0.15) is 29.8 Å². The van der Waals surface area contributed by atoms with Crippen molar-refractivity contribution in [1.29, 1.82) is 0 Å². The Hall–Kier alpha value is -1.42. The summed E-state index contributed by atoms with van der Waals surface area (Å²) in [5.74, 6) is -0.449. The standard InChI is InChI=1S/C14H19FN2O/c1-10-4-5-11(15)8-12(10)13(18)17-7-6-16-9-14(17,2)3/h4-5,8,16H,6-7,9H2,1-3H3. The zero-order valence-electron chi connectivity index (χ0n) is 11.1. The molecule has 0 aliphatic carbocycles. The Labute approximate surface area is 107 Å². The summed E-state index contributed by atoms with van der Waals surface area (Å²) in [4.78, 5) is 14.3. The molecule has 98 valence electrons. The third-order valence-corrected chi connectivity index (χ3v) is 3.48. The van der Waals surface area contributed by atoms with E-state index >= 15 is 0 Å². The minimum Gasteiger partial charge on any atom is -0.331 e. The molecule has 0 spiro atoms. The van der Waals surface area contributed by atoms with Gasteiger partial charge in [0.15, 0.2) is 0 Å². The number of hydrogen-bond acceptors (Lipinski definition) is 2. The molecular weight excluding hydrogens is 231 g/mol. The number of nitrogens with zero attached hydrogens (tertiary/aromatic N) is 1. The number of nitrogens with one attached hydrogen (secondary N) is 1. The van der Waals surface area contributed by atoms with Gasteiger partial charge < -0.3 is 10.2 Å². The molecule has 18 heavy (non-hydrogen) atoms. The summed E-state index contributed by atoms with van der Waals surface area (Å²) in [5, 5.41) is 3.27. The van der Waals surface area contributed by atoms with Crippen molar-refractivity contribution in [2.75, 3.05) is 19.6 Å². The molecule has 0 aromatic heterocycles. The lowest BCUT2D eigenvalue weighted by Crippen LogP contribution is -2.59. The zero-order chi connectivity index (χ0) is 13.3. The van der Waals surface area contributed by atoms with Gasteiger partial charge >= 0.3 is 0 Å².